The van der Waals surface area contributed by atoms with Gasteiger partial charge in [0, 0.05) is 13.2 Å². The molecule has 1 rings (SSSR count). The van der Waals surface area contributed by atoms with Crippen molar-refractivity contribution in [1.82, 2.24) is 10.6 Å². The van der Waals surface area contributed by atoms with Gasteiger partial charge in [-0.05, 0) is 44.0 Å². The molecule has 0 fully saturated rings. The predicted molar refractivity (Wildman–Crippen MR) is 102 cm³/mol. The third-order valence-corrected chi connectivity index (χ3v) is 3.27. The van der Waals surface area contributed by atoms with Gasteiger partial charge in [0.25, 0.3) is 0 Å². The van der Waals surface area contributed by atoms with Gasteiger partial charge >= 0.3 is 0 Å². The number of hydrogen-bond donors (Lipinski definition) is 3. The van der Waals surface area contributed by atoms with Crippen LogP contribution >= 0.6 is 0 Å². The van der Waals surface area contributed by atoms with E-state index < -0.39 is 6.10 Å². The van der Waals surface area contributed by atoms with Crippen molar-refractivity contribution in [2.75, 3.05) is 32.8 Å². The molecule has 0 spiro atoms. The van der Waals surface area contributed by atoms with Crippen LogP contribution in [0.15, 0.2) is 29.3 Å². The zero-order valence-corrected chi connectivity index (χ0v) is 16.2. The molecule has 1 aromatic carbocycles. The molecule has 148 valence electrons. The Balaban J connectivity index is 2.39. The monoisotopic (exact) mass is 369 g/mol. The van der Waals surface area contributed by atoms with Crippen molar-refractivity contribution in [1.29, 1.82) is 0 Å². The summed E-state index contributed by atoms with van der Waals surface area (Å²) in [5, 5.41) is 16.2. The van der Waals surface area contributed by atoms with Gasteiger partial charge in [-0.3, -0.25) is 4.99 Å². The molecule has 2 unspecified atom stereocenters. The number of ether oxygens (including phenoxy) is 2. The number of rotatable bonds is 11. The molecule has 0 aliphatic carbocycles. The normalized spacial score (nSPS) is 14.2. The first-order valence-corrected chi connectivity index (χ1v) is 9.10. The standard InChI is InChI=1S/C19H32FN3O3/c1-5-21-19(23-11-17(24)13-25-12-14(2)3)22-10-15(4)26-18-8-6-16(20)7-9-18/h6-9,14-15,17,24H,5,10-13H2,1-4H3,(H2,21,22,23). The molecule has 0 heterocycles. The van der Waals surface area contributed by atoms with Crippen molar-refractivity contribution in [2.24, 2.45) is 10.9 Å². The smallest absolute Gasteiger partial charge is 0.191 e. The van der Waals surface area contributed by atoms with Crippen molar-refractivity contribution in [3.05, 3.63) is 30.1 Å². The van der Waals surface area contributed by atoms with Crippen LogP contribution in [0.25, 0.3) is 0 Å². The summed E-state index contributed by atoms with van der Waals surface area (Å²) in [6, 6.07) is 5.92. The van der Waals surface area contributed by atoms with E-state index in [0.717, 1.165) is 0 Å². The molecular formula is C19H32FN3O3. The summed E-state index contributed by atoms with van der Waals surface area (Å²) in [7, 11) is 0. The average Bonchev–Trinajstić information content (AvgIpc) is 2.59. The number of benzene rings is 1. The lowest BCUT2D eigenvalue weighted by Gasteiger charge is -2.18. The molecule has 1 aromatic rings. The quantitative estimate of drug-likeness (QED) is 0.412. The third-order valence-electron chi connectivity index (χ3n) is 3.27. The Labute approximate surface area is 155 Å². The van der Waals surface area contributed by atoms with Gasteiger partial charge < -0.3 is 25.2 Å². The van der Waals surface area contributed by atoms with Crippen LogP contribution in [0.5, 0.6) is 5.75 Å². The van der Waals surface area contributed by atoms with Crippen LogP contribution in [-0.4, -0.2) is 56.1 Å². The highest BCUT2D eigenvalue weighted by Crippen LogP contribution is 2.12. The van der Waals surface area contributed by atoms with Crippen LogP contribution in [0.2, 0.25) is 0 Å². The molecule has 2 atom stereocenters. The van der Waals surface area contributed by atoms with Crippen LogP contribution in [0, 0.1) is 11.7 Å². The Kier molecular flexibility index (Phi) is 10.7. The molecule has 3 N–H and O–H groups in total. The molecule has 0 aromatic heterocycles. The van der Waals surface area contributed by atoms with Crippen LogP contribution in [0.4, 0.5) is 4.39 Å². The second-order valence-electron chi connectivity index (χ2n) is 6.57. The molecule has 26 heavy (non-hydrogen) atoms. The molecule has 6 nitrogen and oxygen atoms in total. The van der Waals surface area contributed by atoms with E-state index in [1.54, 1.807) is 12.1 Å². The lowest BCUT2D eigenvalue weighted by atomic mass is 10.2. The fourth-order valence-electron chi connectivity index (χ4n) is 2.06. The summed E-state index contributed by atoms with van der Waals surface area (Å²) in [5.41, 5.74) is 0. The van der Waals surface area contributed by atoms with Crippen molar-refractivity contribution < 1.29 is 19.0 Å². The SMILES string of the molecule is CCNC(=NCC(O)COCC(C)C)NCC(C)Oc1ccc(F)cc1. The van der Waals surface area contributed by atoms with E-state index in [1.165, 1.54) is 12.1 Å². The highest BCUT2D eigenvalue weighted by molar-refractivity contribution is 5.79. The Hall–Kier alpha value is -1.86. The highest BCUT2D eigenvalue weighted by Gasteiger charge is 2.08. The van der Waals surface area contributed by atoms with Crippen LogP contribution in [-0.2, 0) is 4.74 Å². The van der Waals surface area contributed by atoms with Gasteiger partial charge in [0.1, 0.15) is 17.7 Å². The van der Waals surface area contributed by atoms with E-state index in [0.29, 0.717) is 37.3 Å². The minimum Gasteiger partial charge on any atom is -0.489 e. The van der Waals surface area contributed by atoms with E-state index in [-0.39, 0.29) is 25.1 Å². The summed E-state index contributed by atoms with van der Waals surface area (Å²) in [4.78, 5) is 4.36. The fourth-order valence-corrected chi connectivity index (χ4v) is 2.06. The van der Waals surface area contributed by atoms with E-state index in [1.807, 2.05) is 13.8 Å². The molecule has 0 radical (unpaired) electrons. The Morgan fingerprint density at radius 3 is 2.46 bits per heavy atom. The first-order valence-electron chi connectivity index (χ1n) is 9.10. The topological polar surface area (TPSA) is 75.1 Å². The zero-order valence-electron chi connectivity index (χ0n) is 16.2. The van der Waals surface area contributed by atoms with E-state index in [4.69, 9.17) is 9.47 Å². The van der Waals surface area contributed by atoms with Crippen LogP contribution in [0.1, 0.15) is 27.7 Å². The van der Waals surface area contributed by atoms with Gasteiger partial charge in [0.05, 0.1) is 25.8 Å². The van der Waals surface area contributed by atoms with Gasteiger partial charge in [-0.2, -0.15) is 0 Å². The van der Waals surface area contributed by atoms with Gasteiger partial charge in [-0.15, -0.1) is 0 Å². The zero-order chi connectivity index (χ0) is 19.4. The minimum atomic E-state index is -0.642. The summed E-state index contributed by atoms with van der Waals surface area (Å²) in [5.74, 6) is 1.36. The number of aliphatic imine (C=N–C) groups is 1. The van der Waals surface area contributed by atoms with Crippen molar-refractivity contribution in [2.45, 2.75) is 39.9 Å². The molecular weight excluding hydrogens is 337 g/mol. The van der Waals surface area contributed by atoms with Crippen LogP contribution in [0.3, 0.4) is 0 Å². The number of guanidine groups is 1. The summed E-state index contributed by atoms with van der Waals surface area (Å²) >= 11 is 0. The lowest BCUT2D eigenvalue weighted by Crippen LogP contribution is -2.42. The number of halogens is 1. The third kappa shape index (κ3) is 10.2. The van der Waals surface area contributed by atoms with Gasteiger partial charge in [-0.25, -0.2) is 4.39 Å². The molecule has 7 heteroatoms. The van der Waals surface area contributed by atoms with Crippen LogP contribution < -0.4 is 15.4 Å². The second kappa shape index (κ2) is 12.5. The van der Waals surface area contributed by atoms with Gasteiger partial charge in [0.15, 0.2) is 5.96 Å². The largest absolute Gasteiger partial charge is 0.489 e. The lowest BCUT2D eigenvalue weighted by molar-refractivity contribution is 0.0301. The summed E-state index contributed by atoms with van der Waals surface area (Å²) in [6.45, 7) is 10.4. The molecule has 0 bridgehead atoms. The first kappa shape index (κ1) is 22.2. The molecule has 0 saturated heterocycles. The summed E-state index contributed by atoms with van der Waals surface area (Å²) < 4.78 is 24.0. The number of aliphatic hydroxyl groups excluding tert-OH is 1. The highest BCUT2D eigenvalue weighted by atomic mass is 19.1. The number of nitrogens with zero attached hydrogens (tertiary/aromatic N) is 1. The maximum Gasteiger partial charge on any atom is 0.191 e. The number of hydrogen-bond acceptors (Lipinski definition) is 4. The Bertz CT molecular complexity index is 523. The Morgan fingerprint density at radius 2 is 1.85 bits per heavy atom. The molecule has 0 aliphatic heterocycles. The maximum absolute atomic E-state index is 12.9. The van der Waals surface area contributed by atoms with E-state index in [9.17, 15) is 9.50 Å². The maximum atomic E-state index is 12.9. The number of aliphatic hydroxyl groups is 1. The Morgan fingerprint density at radius 1 is 1.15 bits per heavy atom. The number of nitrogens with one attached hydrogen (secondary N) is 2. The average molecular weight is 369 g/mol. The van der Waals surface area contributed by atoms with E-state index >= 15 is 0 Å². The predicted octanol–water partition coefficient (Wildman–Crippen LogP) is 2.18. The summed E-state index contributed by atoms with van der Waals surface area (Å²) in [6.07, 6.45) is -0.777. The van der Waals surface area contributed by atoms with Crippen molar-refractivity contribution in [3.8, 4) is 5.75 Å². The van der Waals surface area contributed by atoms with Crippen molar-refractivity contribution >= 4 is 5.96 Å². The van der Waals surface area contributed by atoms with Gasteiger partial charge in [-0.1, -0.05) is 13.8 Å². The minimum absolute atomic E-state index is 0.136. The van der Waals surface area contributed by atoms with Crippen molar-refractivity contribution in [3.63, 3.8) is 0 Å². The van der Waals surface area contributed by atoms with E-state index in [2.05, 4.69) is 29.5 Å². The fraction of sp³-hybridized carbons (Fsp3) is 0.632. The second-order valence-corrected chi connectivity index (χ2v) is 6.57. The molecule has 0 amide bonds. The van der Waals surface area contributed by atoms with Gasteiger partial charge in [0.2, 0.25) is 0 Å². The molecule has 0 aliphatic rings. The molecule has 0 saturated carbocycles. The first-order chi connectivity index (χ1) is 12.4.